The molecular weight excluding hydrogens is 354 g/mol. The van der Waals surface area contributed by atoms with Gasteiger partial charge in [-0.1, -0.05) is 6.42 Å². The first-order valence-corrected chi connectivity index (χ1v) is 8.94. The summed E-state index contributed by atoms with van der Waals surface area (Å²) in [4.78, 5) is 53.4. The molecule has 0 aliphatic carbocycles. The summed E-state index contributed by atoms with van der Waals surface area (Å²) in [5, 5.41) is 11.3. The highest BCUT2D eigenvalue weighted by Gasteiger charge is 2.13. The van der Waals surface area contributed by atoms with Crippen molar-refractivity contribution in [2.45, 2.75) is 44.9 Å². The van der Waals surface area contributed by atoms with Crippen molar-refractivity contribution in [3.05, 3.63) is 26.7 Å². The summed E-state index contributed by atoms with van der Waals surface area (Å²) >= 11 is 0. The number of H-pyrrole nitrogens is 1. The fourth-order valence-electron chi connectivity index (χ4n) is 2.80. The standard InChI is InChI=1S/C17H25N5O5/c1-21-15-14(16(26)22(2)17(21)27)19-11(20-15)7-6-8-12(23)18-10-5-3-4-9-13(24)25/h3-10H2,1-2H3,(H,18,23)(H,19,20)(H,24,25). The molecule has 0 unspecified atom stereocenters. The minimum atomic E-state index is -0.803. The number of carboxylic acid groups (broad SMARTS) is 1. The number of carbonyl (C=O) groups excluding carboxylic acids is 1. The van der Waals surface area contributed by atoms with Crippen molar-refractivity contribution in [3.63, 3.8) is 0 Å². The Morgan fingerprint density at radius 3 is 2.52 bits per heavy atom. The number of aliphatic carboxylic acids is 1. The van der Waals surface area contributed by atoms with E-state index in [0.717, 1.165) is 17.4 Å². The van der Waals surface area contributed by atoms with Gasteiger partial charge in [-0.05, 0) is 19.3 Å². The third-order valence-electron chi connectivity index (χ3n) is 4.35. The molecule has 1 amide bonds. The number of nitrogens with zero attached hydrogens (tertiary/aromatic N) is 3. The van der Waals surface area contributed by atoms with E-state index in [1.54, 1.807) is 7.05 Å². The minimum Gasteiger partial charge on any atom is -0.481 e. The van der Waals surface area contributed by atoms with Gasteiger partial charge >= 0.3 is 11.7 Å². The summed E-state index contributed by atoms with van der Waals surface area (Å²) in [6.45, 7) is 0.529. The van der Waals surface area contributed by atoms with E-state index in [9.17, 15) is 19.2 Å². The van der Waals surface area contributed by atoms with Gasteiger partial charge in [-0.3, -0.25) is 23.5 Å². The highest BCUT2D eigenvalue weighted by atomic mass is 16.4. The molecule has 2 heterocycles. The average Bonchev–Trinajstić information content (AvgIpc) is 3.05. The zero-order chi connectivity index (χ0) is 20.0. The van der Waals surface area contributed by atoms with Crippen molar-refractivity contribution in [1.29, 1.82) is 0 Å². The Morgan fingerprint density at radius 1 is 1.07 bits per heavy atom. The molecule has 2 aromatic rings. The van der Waals surface area contributed by atoms with Crippen LogP contribution in [0.15, 0.2) is 9.59 Å². The van der Waals surface area contributed by atoms with Gasteiger partial charge in [0.2, 0.25) is 5.91 Å². The Bertz CT molecular complexity index is 940. The van der Waals surface area contributed by atoms with Gasteiger partial charge in [-0.25, -0.2) is 9.78 Å². The summed E-state index contributed by atoms with van der Waals surface area (Å²) in [5.74, 6) is -0.319. The lowest BCUT2D eigenvalue weighted by Gasteiger charge is -2.04. The molecule has 0 bridgehead atoms. The molecule has 10 heteroatoms. The number of unbranched alkanes of at least 4 members (excludes halogenated alkanes) is 2. The van der Waals surface area contributed by atoms with E-state index >= 15 is 0 Å². The monoisotopic (exact) mass is 379 g/mol. The largest absolute Gasteiger partial charge is 0.481 e. The third-order valence-corrected chi connectivity index (χ3v) is 4.35. The minimum absolute atomic E-state index is 0.0762. The maximum atomic E-state index is 12.1. The van der Waals surface area contributed by atoms with Gasteiger partial charge in [0.25, 0.3) is 5.56 Å². The lowest BCUT2D eigenvalue weighted by molar-refractivity contribution is -0.137. The van der Waals surface area contributed by atoms with Crippen LogP contribution in [0.4, 0.5) is 0 Å². The summed E-state index contributed by atoms with van der Waals surface area (Å²) in [6, 6.07) is 0. The molecule has 0 saturated carbocycles. The molecule has 0 aromatic carbocycles. The summed E-state index contributed by atoms with van der Waals surface area (Å²) in [6.07, 6.45) is 3.64. The fourth-order valence-corrected chi connectivity index (χ4v) is 2.80. The molecule has 10 nitrogen and oxygen atoms in total. The molecule has 2 rings (SSSR count). The summed E-state index contributed by atoms with van der Waals surface area (Å²) < 4.78 is 2.34. The Balaban J connectivity index is 1.79. The maximum absolute atomic E-state index is 12.1. The van der Waals surface area contributed by atoms with Crippen molar-refractivity contribution in [1.82, 2.24) is 24.4 Å². The SMILES string of the molecule is Cn1c(=O)c2[nH]c(CCCC(=O)NCCCCCC(=O)O)nc2n(C)c1=O. The number of hydrogen-bond acceptors (Lipinski definition) is 5. The first kappa shape index (κ1) is 20.4. The van der Waals surface area contributed by atoms with Crippen molar-refractivity contribution in [2.75, 3.05) is 6.54 Å². The van der Waals surface area contributed by atoms with E-state index in [-0.39, 0.29) is 17.8 Å². The number of aryl methyl sites for hydroxylation is 2. The lowest BCUT2D eigenvalue weighted by atomic mass is 10.2. The number of amides is 1. The van der Waals surface area contributed by atoms with Crippen LogP contribution in [0.1, 0.15) is 44.3 Å². The summed E-state index contributed by atoms with van der Waals surface area (Å²) in [7, 11) is 2.97. The van der Waals surface area contributed by atoms with Crippen LogP contribution in [0.5, 0.6) is 0 Å². The van der Waals surface area contributed by atoms with Crippen LogP contribution >= 0.6 is 0 Å². The summed E-state index contributed by atoms with van der Waals surface area (Å²) in [5.41, 5.74) is -0.273. The highest BCUT2D eigenvalue weighted by molar-refractivity contribution is 5.75. The maximum Gasteiger partial charge on any atom is 0.332 e. The zero-order valence-electron chi connectivity index (χ0n) is 15.6. The predicted molar refractivity (Wildman–Crippen MR) is 98.6 cm³/mol. The van der Waals surface area contributed by atoms with E-state index in [2.05, 4.69) is 15.3 Å². The first-order chi connectivity index (χ1) is 12.8. The smallest absolute Gasteiger partial charge is 0.332 e. The third kappa shape index (κ3) is 5.28. The number of carbonyl (C=O) groups is 2. The van der Waals surface area contributed by atoms with E-state index in [4.69, 9.17) is 5.11 Å². The molecule has 0 fully saturated rings. The Hall–Kier alpha value is -2.91. The zero-order valence-corrected chi connectivity index (χ0v) is 15.6. The highest BCUT2D eigenvalue weighted by Crippen LogP contribution is 2.07. The van der Waals surface area contributed by atoms with Crippen molar-refractivity contribution in [3.8, 4) is 0 Å². The van der Waals surface area contributed by atoms with Gasteiger partial charge in [0.15, 0.2) is 5.65 Å². The number of nitrogens with one attached hydrogen (secondary N) is 2. The van der Waals surface area contributed by atoms with E-state index in [0.29, 0.717) is 43.7 Å². The second-order valence-electron chi connectivity index (χ2n) is 6.50. The molecule has 0 atom stereocenters. The topological polar surface area (TPSA) is 139 Å². The van der Waals surface area contributed by atoms with Gasteiger partial charge in [0, 0.05) is 39.9 Å². The molecule has 2 aromatic heterocycles. The fraction of sp³-hybridized carbons (Fsp3) is 0.588. The second-order valence-corrected chi connectivity index (χ2v) is 6.50. The first-order valence-electron chi connectivity index (χ1n) is 8.94. The number of imidazole rings is 1. The number of rotatable bonds is 10. The van der Waals surface area contributed by atoms with Gasteiger partial charge in [0.05, 0.1) is 0 Å². The number of aromatic amines is 1. The van der Waals surface area contributed by atoms with Gasteiger partial charge in [0.1, 0.15) is 11.3 Å². The number of hydrogen-bond donors (Lipinski definition) is 3. The molecule has 0 aliphatic rings. The Kier molecular flexibility index (Phi) is 6.91. The normalized spacial score (nSPS) is 11.0. The van der Waals surface area contributed by atoms with Gasteiger partial charge < -0.3 is 15.4 Å². The molecule has 3 N–H and O–H groups in total. The van der Waals surface area contributed by atoms with Crippen molar-refractivity contribution < 1.29 is 14.7 Å². The van der Waals surface area contributed by atoms with E-state index in [1.807, 2.05) is 0 Å². The second kappa shape index (κ2) is 9.15. The molecule has 27 heavy (non-hydrogen) atoms. The Labute approximate surface area is 155 Å². The number of aromatic nitrogens is 4. The quantitative estimate of drug-likeness (QED) is 0.498. The molecule has 0 spiro atoms. The number of fused-ring (bicyclic) bond motifs is 1. The predicted octanol–water partition coefficient (Wildman–Crippen LogP) is 0.0442. The molecular formula is C17H25N5O5. The van der Waals surface area contributed by atoms with Gasteiger partial charge in [-0.15, -0.1) is 0 Å². The van der Waals surface area contributed by atoms with Gasteiger partial charge in [-0.2, -0.15) is 0 Å². The van der Waals surface area contributed by atoms with E-state index < -0.39 is 17.2 Å². The van der Waals surface area contributed by atoms with Crippen LogP contribution in [0.25, 0.3) is 11.2 Å². The van der Waals surface area contributed by atoms with Crippen LogP contribution < -0.4 is 16.6 Å². The molecule has 148 valence electrons. The Morgan fingerprint density at radius 2 is 1.81 bits per heavy atom. The van der Waals surface area contributed by atoms with E-state index in [1.165, 1.54) is 11.6 Å². The molecule has 0 saturated heterocycles. The lowest BCUT2D eigenvalue weighted by Crippen LogP contribution is -2.36. The molecule has 0 radical (unpaired) electrons. The van der Waals surface area contributed by atoms with Crippen LogP contribution in [0.3, 0.4) is 0 Å². The van der Waals surface area contributed by atoms with Crippen molar-refractivity contribution >= 4 is 23.0 Å². The van der Waals surface area contributed by atoms with Crippen LogP contribution in [-0.2, 0) is 30.1 Å². The number of carboxylic acids is 1. The average molecular weight is 379 g/mol. The molecule has 0 aliphatic heterocycles. The van der Waals surface area contributed by atoms with Crippen LogP contribution in [0.2, 0.25) is 0 Å². The van der Waals surface area contributed by atoms with Crippen molar-refractivity contribution in [2.24, 2.45) is 14.1 Å². The van der Waals surface area contributed by atoms with Crippen LogP contribution in [-0.4, -0.2) is 42.6 Å². The van der Waals surface area contributed by atoms with Crippen LogP contribution in [0, 0.1) is 0 Å².